The summed E-state index contributed by atoms with van der Waals surface area (Å²) < 4.78 is 69.9. The molecule has 33 heavy (non-hydrogen) atoms. The second-order valence-electron chi connectivity index (χ2n) is 6.62. The minimum absolute atomic E-state index is 0.00224. The molecule has 1 aromatic heterocycles. The molecular weight excluding hydrogens is 478 g/mol. The van der Waals surface area contributed by atoms with Crippen LogP contribution >= 0.6 is 0 Å². The molecule has 2 heterocycles. The van der Waals surface area contributed by atoms with Crippen molar-refractivity contribution in [3.63, 3.8) is 0 Å². The van der Waals surface area contributed by atoms with Crippen molar-refractivity contribution in [3.05, 3.63) is 29.8 Å². The molecule has 2 aromatic rings. The normalized spacial score (nSPS) is 15.0. The van der Waals surface area contributed by atoms with Gasteiger partial charge in [0.25, 0.3) is 10.0 Å². The molecule has 0 bridgehead atoms. The van der Waals surface area contributed by atoms with Crippen LogP contribution in [0.4, 0.5) is 10.7 Å². The lowest BCUT2D eigenvalue weighted by Crippen LogP contribution is -2.36. The topological polar surface area (TPSA) is 166 Å². The Morgan fingerprint density at radius 3 is 2.45 bits per heavy atom. The van der Waals surface area contributed by atoms with Gasteiger partial charge >= 0.3 is 6.03 Å². The number of fused-ring (bicyclic) bond motifs is 1. The second-order valence-corrected chi connectivity index (χ2v) is 10.1. The summed E-state index contributed by atoms with van der Waals surface area (Å²) in [6.07, 6.45) is 0. The first-order valence-corrected chi connectivity index (χ1v) is 12.5. The van der Waals surface area contributed by atoms with Gasteiger partial charge in [0.15, 0.2) is 0 Å². The van der Waals surface area contributed by atoms with Gasteiger partial charge in [-0.15, -0.1) is 0 Å². The molecule has 0 aliphatic carbocycles. The van der Waals surface area contributed by atoms with Crippen LogP contribution in [0.1, 0.15) is 12.5 Å². The monoisotopic (exact) mass is 501 g/mol. The number of nitrogens with zero attached hydrogens (tertiary/aromatic N) is 3. The number of anilines is 1. The van der Waals surface area contributed by atoms with Gasteiger partial charge in [0.2, 0.25) is 27.7 Å². The van der Waals surface area contributed by atoms with E-state index in [1.54, 1.807) is 11.6 Å². The fourth-order valence-corrected chi connectivity index (χ4v) is 6.43. The molecule has 0 unspecified atom stereocenters. The van der Waals surface area contributed by atoms with E-state index >= 15 is 0 Å². The van der Waals surface area contributed by atoms with E-state index in [1.165, 1.54) is 32.4 Å². The number of urea groups is 1. The third-order valence-electron chi connectivity index (χ3n) is 4.53. The van der Waals surface area contributed by atoms with Crippen LogP contribution in [0.15, 0.2) is 34.1 Å². The van der Waals surface area contributed by atoms with Crippen LogP contribution in [0, 0.1) is 0 Å². The number of amides is 2. The zero-order chi connectivity index (χ0) is 24.2. The number of hydrogen-bond acceptors (Lipinski definition) is 10. The second kappa shape index (κ2) is 9.86. The number of methoxy groups -OCH3 is 2. The smallest absolute Gasteiger partial charge is 0.335 e. The standard InChI is InChI=1S/C18H23N5O8S2/c1-4-31-9-8-23-11-12-6-5-7-13(16(12)33(23,27)28)32(25,26)22-18(24)21-17-19-14(29-2)10-15(20-17)30-3/h5-7,10H,4,8-9,11H2,1-3H3,(H2,19,20,21,22,24). The molecule has 1 aliphatic rings. The molecule has 15 heteroatoms. The summed E-state index contributed by atoms with van der Waals surface area (Å²) in [5, 5.41) is 2.16. The van der Waals surface area contributed by atoms with Crippen molar-refractivity contribution in [1.29, 1.82) is 0 Å². The van der Waals surface area contributed by atoms with Crippen molar-refractivity contribution in [3.8, 4) is 11.8 Å². The fourth-order valence-electron chi connectivity index (χ4n) is 3.08. The quantitative estimate of drug-likeness (QED) is 0.463. The summed E-state index contributed by atoms with van der Waals surface area (Å²) in [5.74, 6) is -0.148. The minimum atomic E-state index is -4.57. The zero-order valence-corrected chi connectivity index (χ0v) is 19.7. The molecule has 3 rings (SSSR count). The molecule has 0 saturated carbocycles. The van der Waals surface area contributed by atoms with Gasteiger partial charge in [-0.05, 0) is 18.6 Å². The maximum absolute atomic E-state index is 13.0. The first-order chi connectivity index (χ1) is 15.6. The van der Waals surface area contributed by atoms with Crippen LogP contribution in [0.2, 0.25) is 0 Å². The summed E-state index contributed by atoms with van der Waals surface area (Å²) in [6.45, 7) is 2.42. The van der Waals surface area contributed by atoms with Crippen LogP contribution in [-0.4, -0.2) is 71.1 Å². The number of hydrogen-bond donors (Lipinski definition) is 2. The van der Waals surface area contributed by atoms with E-state index in [4.69, 9.17) is 14.2 Å². The van der Waals surface area contributed by atoms with E-state index in [2.05, 4.69) is 15.3 Å². The molecule has 180 valence electrons. The van der Waals surface area contributed by atoms with E-state index in [9.17, 15) is 21.6 Å². The summed E-state index contributed by atoms with van der Waals surface area (Å²) in [5.41, 5.74) is 0.302. The lowest BCUT2D eigenvalue weighted by atomic mass is 10.2. The number of carbonyl (C=O) groups excluding carboxylic acids is 1. The maximum atomic E-state index is 13.0. The lowest BCUT2D eigenvalue weighted by molar-refractivity contribution is 0.134. The number of aromatic nitrogens is 2. The molecule has 1 aromatic carbocycles. The van der Waals surface area contributed by atoms with Gasteiger partial charge in [0.1, 0.15) is 9.79 Å². The van der Waals surface area contributed by atoms with Crippen LogP contribution < -0.4 is 19.5 Å². The largest absolute Gasteiger partial charge is 0.481 e. The van der Waals surface area contributed by atoms with Gasteiger partial charge in [-0.25, -0.2) is 26.4 Å². The minimum Gasteiger partial charge on any atom is -0.481 e. The Morgan fingerprint density at radius 1 is 1.18 bits per heavy atom. The van der Waals surface area contributed by atoms with E-state index < -0.39 is 31.0 Å². The molecule has 0 radical (unpaired) electrons. The van der Waals surface area contributed by atoms with Crippen LogP contribution in [-0.2, 0) is 31.3 Å². The van der Waals surface area contributed by atoms with Gasteiger partial charge < -0.3 is 14.2 Å². The first kappa shape index (κ1) is 24.6. The highest BCUT2D eigenvalue weighted by molar-refractivity contribution is 7.93. The van der Waals surface area contributed by atoms with Crippen molar-refractivity contribution in [2.45, 2.75) is 23.3 Å². The predicted molar refractivity (Wildman–Crippen MR) is 115 cm³/mol. The SMILES string of the molecule is CCOCCN1Cc2cccc(S(=O)(=O)NC(=O)Nc3nc(OC)cc(OC)n3)c2S1(=O)=O. The average molecular weight is 502 g/mol. The zero-order valence-electron chi connectivity index (χ0n) is 18.1. The molecule has 2 N–H and O–H groups in total. The molecular formula is C18H23N5O8S2. The molecule has 2 amide bonds. The number of carbonyl (C=O) groups is 1. The molecule has 0 atom stereocenters. The molecule has 1 aliphatic heterocycles. The fraction of sp³-hybridized carbons (Fsp3) is 0.389. The van der Waals surface area contributed by atoms with Crippen molar-refractivity contribution in [2.24, 2.45) is 0 Å². The van der Waals surface area contributed by atoms with Crippen molar-refractivity contribution >= 4 is 32.0 Å². The highest BCUT2D eigenvalue weighted by Crippen LogP contribution is 2.35. The number of benzene rings is 1. The van der Waals surface area contributed by atoms with E-state index in [-0.39, 0.29) is 42.3 Å². The van der Waals surface area contributed by atoms with Gasteiger partial charge in [0.05, 0.1) is 26.9 Å². The first-order valence-electron chi connectivity index (χ1n) is 9.63. The van der Waals surface area contributed by atoms with Crippen molar-refractivity contribution < 1.29 is 35.8 Å². The Morgan fingerprint density at radius 2 is 1.85 bits per heavy atom. The Kier molecular flexibility index (Phi) is 7.36. The molecule has 0 fully saturated rings. The van der Waals surface area contributed by atoms with Crippen molar-refractivity contribution in [2.75, 3.05) is 39.3 Å². The Labute approximate surface area is 191 Å². The van der Waals surface area contributed by atoms with E-state index in [1.807, 2.05) is 0 Å². The molecule has 13 nitrogen and oxygen atoms in total. The molecule has 0 saturated heterocycles. The summed E-state index contributed by atoms with van der Waals surface area (Å²) in [6, 6.07) is 4.19. The summed E-state index contributed by atoms with van der Waals surface area (Å²) in [7, 11) is -6.01. The van der Waals surface area contributed by atoms with Gasteiger partial charge in [0, 0.05) is 19.7 Å². The average Bonchev–Trinajstić information content (AvgIpc) is 3.03. The van der Waals surface area contributed by atoms with E-state index in [0.717, 1.165) is 10.4 Å². The third-order valence-corrected chi connectivity index (χ3v) is 8.03. The van der Waals surface area contributed by atoms with Gasteiger partial charge in [-0.1, -0.05) is 12.1 Å². The Hall–Kier alpha value is -3.01. The number of rotatable bonds is 9. The van der Waals surface area contributed by atoms with Gasteiger partial charge in [-0.2, -0.15) is 14.3 Å². The highest BCUT2D eigenvalue weighted by Gasteiger charge is 2.40. The highest BCUT2D eigenvalue weighted by atomic mass is 32.2. The lowest BCUT2D eigenvalue weighted by Gasteiger charge is -2.15. The Bertz CT molecular complexity index is 1230. The summed E-state index contributed by atoms with van der Waals surface area (Å²) >= 11 is 0. The van der Waals surface area contributed by atoms with Gasteiger partial charge in [-0.3, -0.25) is 5.32 Å². The maximum Gasteiger partial charge on any atom is 0.335 e. The predicted octanol–water partition coefficient (Wildman–Crippen LogP) is 0.545. The van der Waals surface area contributed by atoms with Crippen LogP contribution in [0.5, 0.6) is 11.8 Å². The number of sulfonamides is 2. The van der Waals surface area contributed by atoms with E-state index in [0.29, 0.717) is 12.2 Å². The molecule has 0 spiro atoms. The summed E-state index contributed by atoms with van der Waals surface area (Å²) in [4.78, 5) is 19.2. The Balaban J connectivity index is 1.84. The van der Waals surface area contributed by atoms with Crippen LogP contribution in [0.25, 0.3) is 0 Å². The van der Waals surface area contributed by atoms with Crippen LogP contribution in [0.3, 0.4) is 0 Å². The third kappa shape index (κ3) is 5.32. The number of nitrogens with one attached hydrogen (secondary N) is 2. The number of ether oxygens (including phenoxy) is 3. The van der Waals surface area contributed by atoms with Crippen molar-refractivity contribution in [1.82, 2.24) is 19.0 Å².